The van der Waals surface area contributed by atoms with Gasteiger partial charge in [-0.2, -0.15) is 0 Å². The Morgan fingerprint density at radius 2 is 2.24 bits per heavy atom. The second kappa shape index (κ2) is 6.07. The van der Waals surface area contributed by atoms with Gasteiger partial charge >= 0.3 is 0 Å². The number of carbonyl (C=O) groups excluding carboxylic acids is 1. The van der Waals surface area contributed by atoms with Crippen LogP contribution in [0.25, 0.3) is 0 Å². The summed E-state index contributed by atoms with van der Waals surface area (Å²) in [5.41, 5.74) is 1.27. The zero-order valence-corrected chi connectivity index (χ0v) is 10.5. The third kappa shape index (κ3) is 3.23. The number of hydrogen-bond acceptors (Lipinski definition) is 3. The van der Waals surface area contributed by atoms with Crippen LogP contribution in [-0.2, 0) is 11.2 Å². The van der Waals surface area contributed by atoms with Crippen LogP contribution >= 0.6 is 11.8 Å². The van der Waals surface area contributed by atoms with E-state index in [4.69, 9.17) is 5.11 Å². The fourth-order valence-corrected chi connectivity index (χ4v) is 3.11. The fraction of sp³-hybridized carbons (Fsp3) is 0.462. The minimum absolute atomic E-state index is 0.0153. The number of nitrogens with one attached hydrogen (secondary N) is 1. The van der Waals surface area contributed by atoms with Crippen molar-refractivity contribution in [2.24, 2.45) is 0 Å². The van der Waals surface area contributed by atoms with Gasteiger partial charge in [0.2, 0.25) is 5.91 Å². The summed E-state index contributed by atoms with van der Waals surface area (Å²) in [6, 6.07) is 8.18. The topological polar surface area (TPSA) is 49.3 Å². The van der Waals surface area contributed by atoms with Gasteiger partial charge in [-0.25, -0.2) is 0 Å². The SMILES string of the molecule is O=C(NCCCCO)C1Cc2ccccc2S1. The molecule has 1 aromatic carbocycles. The summed E-state index contributed by atoms with van der Waals surface area (Å²) >= 11 is 1.65. The Kier molecular flexibility index (Phi) is 4.45. The lowest BCUT2D eigenvalue weighted by molar-refractivity contribution is -0.120. The predicted molar refractivity (Wildman–Crippen MR) is 69.1 cm³/mol. The molecule has 0 radical (unpaired) electrons. The molecule has 1 aliphatic rings. The van der Waals surface area contributed by atoms with Gasteiger partial charge in [0.05, 0.1) is 5.25 Å². The lowest BCUT2D eigenvalue weighted by atomic mass is 10.1. The molecule has 1 aromatic rings. The molecule has 0 bridgehead atoms. The highest BCUT2D eigenvalue weighted by Gasteiger charge is 2.27. The third-order valence-corrected chi connectivity index (χ3v) is 4.14. The Hall–Kier alpha value is -1.00. The maximum absolute atomic E-state index is 11.9. The summed E-state index contributed by atoms with van der Waals surface area (Å²) in [6.45, 7) is 0.853. The molecule has 1 aliphatic heterocycles. The van der Waals surface area contributed by atoms with Gasteiger partial charge in [-0.1, -0.05) is 18.2 Å². The molecule has 0 spiro atoms. The van der Waals surface area contributed by atoms with Gasteiger partial charge in [0.25, 0.3) is 0 Å². The zero-order chi connectivity index (χ0) is 12.1. The van der Waals surface area contributed by atoms with Crippen LogP contribution in [0.3, 0.4) is 0 Å². The van der Waals surface area contributed by atoms with Gasteiger partial charge in [-0.15, -0.1) is 11.8 Å². The summed E-state index contributed by atoms with van der Waals surface area (Å²) < 4.78 is 0. The largest absolute Gasteiger partial charge is 0.396 e. The Bertz CT molecular complexity index is 370. The van der Waals surface area contributed by atoms with Crippen LogP contribution in [0, 0.1) is 0 Å². The van der Waals surface area contributed by atoms with Crippen LogP contribution in [0.2, 0.25) is 0 Å². The number of carbonyl (C=O) groups is 1. The Morgan fingerprint density at radius 1 is 1.41 bits per heavy atom. The minimum Gasteiger partial charge on any atom is -0.396 e. The molecule has 3 nitrogen and oxygen atoms in total. The molecule has 2 N–H and O–H groups in total. The number of rotatable bonds is 5. The van der Waals surface area contributed by atoms with Crippen LogP contribution in [0.15, 0.2) is 29.2 Å². The van der Waals surface area contributed by atoms with Crippen molar-refractivity contribution in [2.75, 3.05) is 13.2 Å². The van der Waals surface area contributed by atoms with Crippen LogP contribution in [0.1, 0.15) is 18.4 Å². The molecular weight excluding hydrogens is 234 g/mol. The van der Waals surface area contributed by atoms with Crippen LogP contribution in [-0.4, -0.2) is 29.4 Å². The van der Waals surface area contributed by atoms with E-state index >= 15 is 0 Å². The van der Waals surface area contributed by atoms with E-state index < -0.39 is 0 Å². The van der Waals surface area contributed by atoms with E-state index in [1.165, 1.54) is 10.5 Å². The summed E-state index contributed by atoms with van der Waals surface area (Å²) in [7, 11) is 0. The zero-order valence-electron chi connectivity index (χ0n) is 9.69. The first-order chi connectivity index (χ1) is 8.31. The normalized spacial score (nSPS) is 17.8. The number of thioether (sulfide) groups is 1. The van der Waals surface area contributed by atoms with Crippen molar-refractivity contribution < 1.29 is 9.90 Å². The number of fused-ring (bicyclic) bond motifs is 1. The summed E-state index contributed by atoms with van der Waals surface area (Å²) in [5, 5.41) is 11.6. The highest BCUT2D eigenvalue weighted by molar-refractivity contribution is 8.01. The summed E-state index contributed by atoms with van der Waals surface area (Å²) in [5.74, 6) is 0.115. The van der Waals surface area contributed by atoms with E-state index in [0.29, 0.717) is 6.54 Å². The number of hydrogen-bond donors (Lipinski definition) is 2. The molecule has 0 saturated carbocycles. The number of unbranched alkanes of at least 4 members (excludes halogenated alkanes) is 1. The molecule has 0 aromatic heterocycles. The van der Waals surface area contributed by atoms with E-state index in [1.807, 2.05) is 12.1 Å². The van der Waals surface area contributed by atoms with Gasteiger partial charge in [0.15, 0.2) is 0 Å². The van der Waals surface area contributed by atoms with Gasteiger partial charge < -0.3 is 10.4 Å². The van der Waals surface area contributed by atoms with E-state index in [9.17, 15) is 4.79 Å². The van der Waals surface area contributed by atoms with E-state index in [0.717, 1.165) is 19.3 Å². The third-order valence-electron chi connectivity index (χ3n) is 2.82. The molecule has 0 saturated heterocycles. The molecular formula is C13H17NO2S. The first-order valence-electron chi connectivity index (χ1n) is 5.94. The maximum atomic E-state index is 11.9. The van der Waals surface area contributed by atoms with Crippen molar-refractivity contribution in [3.05, 3.63) is 29.8 Å². The van der Waals surface area contributed by atoms with Crippen molar-refractivity contribution >= 4 is 17.7 Å². The Morgan fingerprint density at radius 3 is 3.00 bits per heavy atom. The molecule has 1 unspecified atom stereocenters. The first-order valence-corrected chi connectivity index (χ1v) is 6.82. The van der Waals surface area contributed by atoms with Crippen LogP contribution < -0.4 is 5.32 Å². The van der Waals surface area contributed by atoms with Crippen molar-refractivity contribution in [3.8, 4) is 0 Å². The number of benzene rings is 1. The molecule has 1 amide bonds. The average molecular weight is 251 g/mol. The monoisotopic (exact) mass is 251 g/mol. The van der Waals surface area contributed by atoms with E-state index in [-0.39, 0.29) is 17.8 Å². The first kappa shape index (κ1) is 12.5. The van der Waals surface area contributed by atoms with Gasteiger partial charge in [-0.05, 0) is 30.9 Å². The lowest BCUT2D eigenvalue weighted by Gasteiger charge is -2.09. The number of amides is 1. The van der Waals surface area contributed by atoms with Gasteiger partial charge in [0, 0.05) is 18.0 Å². The van der Waals surface area contributed by atoms with Crippen molar-refractivity contribution in [1.29, 1.82) is 0 Å². The summed E-state index contributed by atoms with van der Waals surface area (Å²) in [4.78, 5) is 13.1. The van der Waals surface area contributed by atoms with Gasteiger partial charge in [0.1, 0.15) is 0 Å². The highest BCUT2D eigenvalue weighted by atomic mass is 32.2. The number of aliphatic hydroxyl groups is 1. The van der Waals surface area contributed by atoms with E-state index in [2.05, 4.69) is 17.4 Å². The fourth-order valence-electron chi connectivity index (χ4n) is 1.89. The molecule has 1 atom stereocenters. The Balaban J connectivity index is 1.80. The second-order valence-electron chi connectivity index (χ2n) is 4.14. The van der Waals surface area contributed by atoms with Crippen molar-refractivity contribution in [2.45, 2.75) is 29.4 Å². The molecule has 0 fully saturated rings. The molecule has 4 heteroatoms. The second-order valence-corrected chi connectivity index (χ2v) is 5.38. The quantitative estimate of drug-likeness (QED) is 0.781. The van der Waals surface area contributed by atoms with Crippen LogP contribution in [0.4, 0.5) is 0 Å². The van der Waals surface area contributed by atoms with Crippen molar-refractivity contribution in [1.82, 2.24) is 5.32 Å². The average Bonchev–Trinajstić information content (AvgIpc) is 2.78. The van der Waals surface area contributed by atoms with E-state index in [1.54, 1.807) is 11.8 Å². The summed E-state index contributed by atoms with van der Waals surface area (Å²) in [6.07, 6.45) is 2.41. The molecule has 92 valence electrons. The molecule has 17 heavy (non-hydrogen) atoms. The predicted octanol–water partition coefficient (Wildman–Crippen LogP) is 1.59. The number of aliphatic hydroxyl groups excluding tert-OH is 1. The minimum atomic E-state index is 0.0153. The molecule has 1 heterocycles. The lowest BCUT2D eigenvalue weighted by Crippen LogP contribution is -2.33. The molecule has 2 rings (SSSR count). The highest BCUT2D eigenvalue weighted by Crippen LogP contribution is 2.36. The standard InChI is InChI=1S/C13H17NO2S/c15-8-4-3-7-14-13(16)12-9-10-5-1-2-6-11(10)17-12/h1-2,5-6,12,15H,3-4,7-9H2,(H,14,16). The Labute approximate surface area is 106 Å². The van der Waals surface area contributed by atoms with Crippen molar-refractivity contribution in [3.63, 3.8) is 0 Å². The smallest absolute Gasteiger partial charge is 0.233 e. The molecule has 0 aliphatic carbocycles. The van der Waals surface area contributed by atoms with Gasteiger partial charge in [-0.3, -0.25) is 4.79 Å². The van der Waals surface area contributed by atoms with Crippen LogP contribution in [0.5, 0.6) is 0 Å². The maximum Gasteiger partial charge on any atom is 0.233 e.